The number of aromatic hydroxyl groups is 1. The van der Waals surface area contributed by atoms with Gasteiger partial charge in [-0.25, -0.2) is 9.97 Å². The summed E-state index contributed by atoms with van der Waals surface area (Å²) in [7, 11) is 0. The first kappa shape index (κ1) is 16.1. The van der Waals surface area contributed by atoms with Gasteiger partial charge in [0.25, 0.3) is 0 Å². The molecule has 0 spiro atoms. The summed E-state index contributed by atoms with van der Waals surface area (Å²) in [6.07, 6.45) is 4.43. The zero-order valence-electron chi connectivity index (χ0n) is 14.3. The van der Waals surface area contributed by atoms with Crippen molar-refractivity contribution >= 4 is 5.95 Å². The zero-order chi connectivity index (χ0) is 15.8. The van der Waals surface area contributed by atoms with E-state index in [1.807, 2.05) is 6.92 Å². The maximum absolute atomic E-state index is 10.4. The lowest BCUT2D eigenvalue weighted by Crippen LogP contribution is -2.35. The van der Waals surface area contributed by atoms with Gasteiger partial charge in [-0.3, -0.25) is 0 Å². The van der Waals surface area contributed by atoms with Crippen LogP contribution in [0.5, 0.6) is 5.75 Å². The highest BCUT2D eigenvalue weighted by molar-refractivity contribution is 5.44. The average Bonchev–Trinajstić information content (AvgIpc) is 2.72. The maximum atomic E-state index is 10.4. The van der Waals surface area contributed by atoms with Crippen molar-refractivity contribution in [2.24, 2.45) is 0 Å². The molecule has 1 aliphatic heterocycles. The second kappa shape index (κ2) is 5.82. The minimum Gasteiger partial charge on any atom is -0.504 e. The van der Waals surface area contributed by atoms with Crippen molar-refractivity contribution in [2.75, 3.05) is 4.90 Å². The lowest BCUT2D eigenvalue weighted by atomic mass is 9.83. The van der Waals surface area contributed by atoms with Gasteiger partial charge in [0.15, 0.2) is 5.75 Å². The summed E-state index contributed by atoms with van der Waals surface area (Å²) < 4.78 is 0. The molecule has 1 saturated heterocycles. The highest BCUT2D eigenvalue weighted by Gasteiger charge is 2.33. The van der Waals surface area contributed by atoms with Crippen LogP contribution in [0.25, 0.3) is 0 Å². The number of hydrogen-bond acceptors (Lipinski definition) is 4. The van der Waals surface area contributed by atoms with Crippen molar-refractivity contribution in [3.8, 4) is 5.75 Å². The Morgan fingerprint density at radius 1 is 1.19 bits per heavy atom. The Bertz CT molecular complexity index is 503. The second-order valence-electron chi connectivity index (χ2n) is 7.12. The van der Waals surface area contributed by atoms with Crippen LogP contribution in [0.3, 0.4) is 0 Å². The van der Waals surface area contributed by atoms with Gasteiger partial charge in [0.2, 0.25) is 5.95 Å². The Labute approximate surface area is 128 Å². The molecule has 0 amide bonds. The first-order valence-electron chi connectivity index (χ1n) is 8.14. The molecule has 0 saturated carbocycles. The van der Waals surface area contributed by atoms with Crippen LogP contribution in [0.4, 0.5) is 5.95 Å². The Balaban J connectivity index is 2.48. The SMILES string of the molecule is CCCC(C)(C)c1nc(N2C(C)CCC2C)nc(C)c1O. The minimum atomic E-state index is -0.131. The number of anilines is 1. The molecule has 1 aromatic heterocycles. The Morgan fingerprint density at radius 2 is 1.76 bits per heavy atom. The maximum Gasteiger partial charge on any atom is 0.226 e. The third-order valence-corrected chi connectivity index (χ3v) is 4.75. The van der Waals surface area contributed by atoms with E-state index in [0.717, 1.165) is 24.5 Å². The topological polar surface area (TPSA) is 49.2 Å². The molecule has 2 rings (SSSR count). The normalized spacial score (nSPS) is 22.9. The molecule has 1 fully saturated rings. The molecule has 0 radical (unpaired) electrons. The number of aromatic nitrogens is 2. The third kappa shape index (κ3) is 2.99. The highest BCUT2D eigenvalue weighted by Crippen LogP contribution is 2.37. The van der Waals surface area contributed by atoms with Crippen molar-refractivity contribution < 1.29 is 5.11 Å². The van der Waals surface area contributed by atoms with E-state index in [1.54, 1.807) is 0 Å². The smallest absolute Gasteiger partial charge is 0.226 e. The molecule has 0 bridgehead atoms. The van der Waals surface area contributed by atoms with Crippen LogP contribution in [-0.4, -0.2) is 27.2 Å². The quantitative estimate of drug-likeness (QED) is 0.912. The summed E-state index contributed by atoms with van der Waals surface area (Å²) in [4.78, 5) is 11.6. The summed E-state index contributed by atoms with van der Waals surface area (Å²) in [5.41, 5.74) is 1.34. The molecule has 2 atom stereocenters. The molecule has 4 nitrogen and oxygen atoms in total. The van der Waals surface area contributed by atoms with Gasteiger partial charge in [-0.2, -0.15) is 0 Å². The van der Waals surface area contributed by atoms with Crippen molar-refractivity contribution in [3.05, 3.63) is 11.4 Å². The van der Waals surface area contributed by atoms with Crippen LogP contribution in [0.1, 0.15) is 71.7 Å². The number of nitrogens with zero attached hydrogens (tertiary/aromatic N) is 3. The largest absolute Gasteiger partial charge is 0.504 e. The monoisotopic (exact) mass is 291 g/mol. The van der Waals surface area contributed by atoms with E-state index < -0.39 is 0 Å². The Hall–Kier alpha value is -1.32. The molecule has 4 heteroatoms. The molecule has 0 aliphatic carbocycles. The molecule has 0 aromatic carbocycles. The van der Waals surface area contributed by atoms with E-state index in [2.05, 4.69) is 44.5 Å². The molecular formula is C17H29N3O. The summed E-state index contributed by atoms with van der Waals surface area (Å²) >= 11 is 0. The van der Waals surface area contributed by atoms with Gasteiger partial charge in [-0.15, -0.1) is 0 Å². The molecule has 1 aliphatic rings. The van der Waals surface area contributed by atoms with E-state index in [4.69, 9.17) is 4.98 Å². The van der Waals surface area contributed by atoms with E-state index in [-0.39, 0.29) is 11.2 Å². The van der Waals surface area contributed by atoms with Gasteiger partial charge >= 0.3 is 0 Å². The van der Waals surface area contributed by atoms with Crippen molar-refractivity contribution in [1.82, 2.24) is 9.97 Å². The van der Waals surface area contributed by atoms with Crippen LogP contribution < -0.4 is 4.90 Å². The van der Waals surface area contributed by atoms with E-state index in [1.165, 1.54) is 12.8 Å². The first-order chi connectivity index (χ1) is 9.77. The molecule has 21 heavy (non-hydrogen) atoms. The summed E-state index contributed by atoms with van der Waals surface area (Å²) in [6.45, 7) is 12.8. The Kier molecular flexibility index (Phi) is 4.45. The fourth-order valence-corrected chi connectivity index (χ4v) is 3.47. The number of aryl methyl sites for hydroxylation is 1. The minimum absolute atomic E-state index is 0.131. The molecule has 1 aromatic rings. The van der Waals surface area contributed by atoms with Gasteiger partial charge in [0.1, 0.15) is 0 Å². The molecule has 2 heterocycles. The molecule has 1 N–H and O–H groups in total. The molecule has 2 unspecified atom stereocenters. The Morgan fingerprint density at radius 3 is 2.29 bits per heavy atom. The number of rotatable bonds is 4. The lowest BCUT2D eigenvalue weighted by Gasteiger charge is -2.30. The third-order valence-electron chi connectivity index (χ3n) is 4.75. The van der Waals surface area contributed by atoms with Crippen LogP contribution in [0.15, 0.2) is 0 Å². The predicted octanol–water partition coefficient (Wildman–Crippen LogP) is 3.95. The molecule has 118 valence electrons. The van der Waals surface area contributed by atoms with Crippen LogP contribution in [0.2, 0.25) is 0 Å². The fourth-order valence-electron chi connectivity index (χ4n) is 3.47. The lowest BCUT2D eigenvalue weighted by molar-refractivity contribution is 0.399. The highest BCUT2D eigenvalue weighted by atomic mass is 16.3. The van der Waals surface area contributed by atoms with Crippen molar-refractivity contribution in [2.45, 2.75) is 84.7 Å². The second-order valence-corrected chi connectivity index (χ2v) is 7.12. The van der Waals surface area contributed by atoms with Gasteiger partial charge < -0.3 is 10.0 Å². The van der Waals surface area contributed by atoms with Gasteiger partial charge in [0.05, 0.1) is 11.4 Å². The van der Waals surface area contributed by atoms with E-state index >= 15 is 0 Å². The standard InChI is InChI=1S/C17H29N3O/c1-7-10-17(5,6)15-14(21)13(4)18-16(19-15)20-11(2)8-9-12(20)3/h11-12,21H,7-10H2,1-6H3. The average molecular weight is 291 g/mol. The van der Waals surface area contributed by atoms with Gasteiger partial charge in [0, 0.05) is 17.5 Å². The summed E-state index contributed by atoms with van der Waals surface area (Å²) in [5, 5.41) is 10.4. The van der Waals surface area contributed by atoms with Crippen molar-refractivity contribution in [3.63, 3.8) is 0 Å². The van der Waals surface area contributed by atoms with E-state index in [0.29, 0.717) is 17.8 Å². The van der Waals surface area contributed by atoms with Gasteiger partial charge in [-0.05, 0) is 40.0 Å². The molecular weight excluding hydrogens is 262 g/mol. The fraction of sp³-hybridized carbons (Fsp3) is 0.765. The van der Waals surface area contributed by atoms with Gasteiger partial charge in [-0.1, -0.05) is 27.2 Å². The van der Waals surface area contributed by atoms with Crippen molar-refractivity contribution in [1.29, 1.82) is 0 Å². The van der Waals surface area contributed by atoms with Crippen LogP contribution >= 0.6 is 0 Å². The van der Waals surface area contributed by atoms with Crippen LogP contribution in [-0.2, 0) is 5.41 Å². The van der Waals surface area contributed by atoms with E-state index in [9.17, 15) is 5.11 Å². The van der Waals surface area contributed by atoms with Crippen LogP contribution in [0, 0.1) is 6.92 Å². The first-order valence-corrected chi connectivity index (χ1v) is 8.14. The summed E-state index contributed by atoms with van der Waals surface area (Å²) in [6, 6.07) is 0.928. The predicted molar refractivity (Wildman–Crippen MR) is 87.0 cm³/mol. The number of hydrogen-bond donors (Lipinski definition) is 1. The summed E-state index contributed by atoms with van der Waals surface area (Å²) in [5.74, 6) is 1.04. The zero-order valence-corrected chi connectivity index (χ0v) is 14.3.